The molecule has 0 bridgehead atoms. The van der Waals surface area contributed by atoms with Crippen molar-refractivity contribution in [2.45, 2.75) is 45.8 Å². The van der Waals surface area contributed by atoms with Crippen molar-refractivity contribution in [2.75, 3.05) is 12.4 Å². The van der Waals surface area contributed by atoms with Crippen molar-refractivity contribution in [3.63, 3.8) is 0 Å². The van der Waals surface area contributed by atoms with E-state index < -0.39 is 11.7 Å². The highest BCUT2D eigenvalue weighted by molar-refractivity contribution is 5.86. The number of methoxy groups -OCH3 is 1. The number of carbonyl (C=O) groups is 1. The first kappa shape index (κ1) is 16.3. The summed E-state index contributed by atoms with van der Waals surface area (Å²) in [4.78, 5) is 11.9. The summed E-state index contributed by atoms with van der Waals surface area (Å²) in [5.41, 5.74) is 6.90. The van der Waals surface area contributed by atoms with Crippen LogP contribution in [0.25, 0.3) is 0 Å². The number of carbonyl (C=O) groups excluding carboxylic acids is 1. The van der Waals surface area contributed by atoms with E-state index in [1.807, 2.05) is 39.8 Å². The Morgan fingerprint density at radius 1 is 1.40 bits per heavy atom. The number of benzene rings is 1. The van der Waals surface area contributed by atoms with Gasteiger partial charge in [0.25, 0.3) is 0 Å². The molecule has 5 nitrogen and oxygen atoms in total. The van der Waals surface area contributed by atoms with Gasteiger partial charge in [-0.3, -0.25) is 5.32 Å². The third kappa shape index (κ3) is 5.48. The molecule has 0 unspecified atom stereocenters. The Bertz CT molecular complexity index is 465. The maximum Gasteiger partial charge on any atom is 0.412 e. The predicted molar refractivity (Wildman–Crippen MR) is 80.2 cm³/mol. The van der Waals surface area contributed by atoms with Gasteiger partial charge in [0.05, 0.1) is 12.8 Å². The quantitative estimate of drug-likeness (QED) is 0.889. The number of ether oxygens (including phenoxy) is 2. The molecule has 0 aliphatic heterocycles. The van der Waals surface area contributed by atoms with Crippen LogP contribution in [-0.4, -0.2) is 24.8 Å². The minimum atomic E-state index is -0.537. The van der Waals surface area contributed by atoms with Gasteiger partial charge in [-0.2, -0.15) is 0 Å². The van der Waals surface area contributed by atoms with Crippen LogP contribution in [-0.2, 0) is 11.2 Å². The zero-order chi connectivity index (χ0) is 15.3. The molecule has 0 spiro atoms. The highest BCUT2D eigenvalue weighted by atomic mass is 16.6. The monoisotopic (exact) mass is 280 g/mol. The topological polar surface area (TPSA) is 73.6 Å². The lowest BCUT2D eigenvalue weighted by atomic mass is 10.1. The molecule has 0 radical (unpaired) electrons. The summed E-state index contributed by atoms with van der Waals surface area (Å²) < 4.78 is 10.4. The molecule has 0 saturated carbocycles. The molecule has 112 valence electrons. The SMILES string of the molecule is COc1ccc(C[C@H](C)N)c(NC(=O)OC(C)(C)C)c1. The molecule has 0 saturated heterocycles. The van der Waals surface area contributed by atoms with E-state index in [0.717, 1.165) is 5.56 Å². The zero-order valence-corrected chi connectivity index (χ0v) is 12.8. The number of anilines is 1. The number of rotatable bonds is 4. The smallest absolute Gasteiger partial charge is 0.412 e. The van der Waals surface area contributed by atoms with E-state index >= 15 is 0 Å². The van der Waals surface area contributed by atoms with Crippen LogP contribution in [0.1, 0.15) is 33.3 Å². The molecule has 1 rings (SSSR count). The number of nitrogens with two attached hydrogens (primary N) is 1. The van der Waals surface area contributed by atoms with Crippen molar-refractivity contribution in [3.05, 3.63) is 23.8 Å². The fraction of sp³-hybridized carbons (Fsp3) is 0.533. The van der Waals surface area contributed by atoms with Gasteiger partial charge in [0.1, 0.15) is 11.4 Å². The second kappa shape index (κ2) is 6.61. The van der Waals surface area contributed by atoms with Crippen LogP contribution in [0.15, 0.2) is 18.2 Å². The van der Waals surface area contributed by atoms with Crippen molar-refractivity contribution in [3.8, 4) is 5.75 Å². The standard InChI is InChI=1S/C15H24N2O3/c1-10(16)8-11-6-7-12(19-5)9-13(11)17-14(18)20-15(2,3)4/h6-7,9-10H,8,16H2,1-5H3,(H,17,18)/t10-/m0/s1. The van der Waals surface area contributed by atoms with E-state index in [2.05, 4.69) is 5.32 Å². The largest absolute Gasteiger partial charge is 0.497 e. The van der Waals surface area contributed by atoms with Crippen LogP contribution < -0.4 is 15.8 Å². The van der Waals surface area contributed by atoms with E-state index in [9.17, 15) is 4.79 Å². The first-order valence-electron chi connectivity index (χ1n) is 6.64. The first-order chi connectivity index (χ1) is 9.21. The van der Waals surface area contributed by atoms with Crippen LogP contribution in [0, 0.1) is 0 Å². The van der Waals surface area contributed by atoms with Crippen molar-refractivity contribution in [1.82, 2.24) is 0 Å². The lowest BCUT2D eigenvalue weighted by Crippen LogP contribution is -2.28. The first-order valence-corrected chi connectivity index (χ1v) is 6.64. The molecule has 1 aromatic carbocycles. The van der Waals surface area contributed by atoms with Gasteiger partial charge in [0.15, 0.2) is 0 Å². The summed E-state index contributed by atoms with van der Waals surface area (Å²) >= 11 is 0. The van der Waals surface area contributed by atoms with Crippen molar-refractivity contribution in [1.29, 1.82) is 0 Å². The van der Waals surface area contributed by atoms with Crippen molar-refractivity contribution >= 4 is 11.8 Å². The highest BCUT2D eigenvalue weighted by Gasteiger charge is 2.17. The van der Waals surface area contributed by atoms with Crippen LogP contribution in [0.3, 0.4) is 0 Å². The van der Waals surface area contributed by atoms with Crippen molar-refractivity contribution < 1.29 is 14.3 Å². The maximum absolute atomic E-state index is 11.9. The number of hydrogen-bond donors (Lipinski definition) is 2. The highest BCUT2D eigenvalue weighted by Crippen LogP contribution is 2.24. The lowest BCUT2D eigenvalue weighted by Gasteiger charge is -2.21. The molecule has 20 heavy (non-hydrogen) atoms. The van der Waals surface area contributed by atoms with Gasteiger partial charge in [0.2, 0.25) is 0 Å². The fourth-order valence-corrected chi connectivity index (χ4v) is 1.74. The molecule has 0 heterocycles. The second-order valence-corrected chi connectivity index (χ2v) is 5.83. The molecule has 5 heteroatoms. The molecule has 0 aromatic heterocycles. The fourth-order valence-electron chi connectivity index (χ4n) is 1.74. The minimum Gasteiger partial charge on any atom is -0.497 e. The summed E-state index contributed by atoms with van der Waals surface area (Å²) in [5.74, 6) is 0.671. The van der Waals surface area contributed by atoms with E-state index in [4.69, 9.17) is 15.2 Å². The van der Waals surface area contributed by atoms with Gasteiger partial charge in [-0.15, -0.1) is 0 Å². The Hall–Kier alpha value is -1.75. The molecule has 1 atom stereocenters. The Morgan fingerprint density at radius 3 is 2.55 bits per heavy atom. The van der Waals surface area contributed by atoms with Gasteiger partial charge in [-0.25, -0.2) is 4.79 Å². The average Bonchev–Trinajstić information content (AvgIpc) is 2.28. The minimum absolute atomic E-state index is 0.00239. The number of hydrogen-bond acceptors (Lipinski definition) is 4. The third-order valence-corrected chi connectivity index (χ3v) is 2.49. The summed E-state index contributed by atoms with van der Waals surface area (Å²) in [6.45, 7) is 7.38. The van der Waals surface area contributed by atoms with Gasteiger partial charge < -0.3 is 15.2 Å². The summed E-state index contributed by atoms with van der Waals surface area (Å²) in [6.07, 6.45) is 0.173. The summed E-state index contributed by atoms with van der Waals surface area (Å²) in [5, 5.41) is 2.75. The molecular weight excluding hydrogens is 256 g/mol. The molecule has 3 N–H and O–H groups in total. The van der Waals surface area contributed by atoms with Crippen LogP contribution in [0.4, 0.5) is 10.5 Å². The van der Waals surface area contributed by atoms with Crippen LogP contribution in [0.2, 0.25) is 0 Å². The summed E-state index contributed by atoms with van der Waals surface area (Å²) in [7, 11) is 1.58. The Kier molecular flexibility index (Phi) is 5.39. The molecule has 0 aliphatic carbocycles. The van der Waals surface area contributed by atoms with Crippen LogP contribution >= 0.6 is 0 Å². The Morgan fingerprint density at radius 2 is 2.05 bits per heavy atom. The Labute approximate surface area is 120 Å². The van der Waals surface area contributed by atoms with Gasteiger partial charge >= 0.3 is 6.09 Å². The molecule has 0 fully saturated rings. The molecule has 1 aromatic rings. The average molecular weight is 280 g/mol. The van der Waals surface area contributed by atoms with E-state index in [1.165, 1.54) is 0 Å². The summed E-state index contributed by atoms with van der Waals surface area (Å²) in [6, 6.07) is 5.51. The van der Waals surface area contributed by atoms with Gasteiger partial charge in [0, 0.05) is 12.1 Å². The normalized spacial score (nSPS) is 12.7. The maximum atomic E-state index is 11.9. The molecule has 1 amide bonds. The van der Waals surface area contributed by atoms with Crippen molar-refractivity contribution in [2.24, 2.45) is 5.73 Å². The van der Waals surface area contributed by atoms with E-state index in [1.54, 1.807) is 13.2 Å². The molecule has 0 aliphatic rings. The Balaban J connectivity index is 2.92. The van der Waals surface area contributed by atoms with E-state index in [-0.39, 0.29) is 6.04 Å². The zero-order valence-electron chi connectivity index (χ0n) is 12.8. The van der Waals surface area contributed by atoms with Crippen LogP contribution in [0.5, 0.6) is 5.75 Å². The lowest BCUT2D eigenvalue weighted by molar-refractivity contribution is 0.0635. The van der Waals surface area contributed by atoms with Gasteiger partial charge in [-0.1, -0.05) is 6.07 Å². The second-order valence-electron chi connectivity index (χ2n) is 5.83. The number of nitrogens with one attached hydrogen (secondary N) is 1. The van der Waals surface area contributed by atoms with Gasteiger partial charge in [-0.05, 0) is 45.7 Å². The predicted octanol–water partition coefficient (Wildman–Crippen LogP) is 2.93. The molecular formula is C15H24N2O3. The number of amides is 1. The third-order valence-electron chi connectivity index (χ3n) is 2.49. The van der Waals surface area contributed by atoms with E-state index in [0.29, 0.717) is 17.9 Å².